The first-order chi connectivity index (χ1) is 15.1. The van der Waals surface area contributed by atoms with Crippen LogP contribution >= 0.6 is 0 Å². The van der Waals surface area contributed by atoms with Crippen molar-refractivity contribution in [2.75, 3.05) is 28.4 Å². The summed E-state index contributed by atoms with van der Waals surface area (Å²) in [6.45, 7) is 0. The molecule has 5 heteroatoms. The summed E-state index contributed by atoms with van der Waals surface area (Å²) < 4.78 is 21.5. The van der Waals surface area contributed by atoms with Crippen molar-refractivity contribution < 1.29 is 24.1 Å². The molecule has 3 rings (SSSR count). The molecule has 0 saturated carbocycles. The SMILES string of the molecule is COc1ccc(CCc2cc(O)cc(CCc3ccc(OC)cc3OC)c2)c(OC)c1. The standard InChI is InChI=1S/C26H30O5/c1-28-23-11-9-20(25(16-23)30-3)7-5-18-13-19(15-22(27)14-18)6-8-21-10-12-24(29-2)17-26(21)31-4/h9-17,27H,5-8H2,1-4H3. The molecule has 0 fully saturated rings. The van der Waals surface area contributed by atoms with E-state index in [0.717, 1.165) is 70.9 Å². The van der Waals surface area contributed by atoms with E-state index in [9.17, 15) is 5.11 Å². The topological polar surface area (TPSA) is 57.2 Å². The van der Waals surface area contributed by atoms with Gasteiger partial charge in [-0.2, -0.15) is 0 Å². The fourth-order valence-corrected chi connectivity index (χ4v) is 3.71. The number of ether oxygens (including phenoxy) is 4. The third-order valence-corrected chi connectivity index (χ3v) is 5.39. The van der Waals surface area contributed by atoms with E-state index >= 15 is 0 Å². The van der Waals surface area contributed by atoms with Crippen molar-refractivity contribution >= 4 is 0 Å². The van der Waals surface area contributed by atoms with Crippen LogP contribution in [-0.2, 0) is 25.7 Å². The normalized spacial score (nSPS) is 10.6. The van der Waals surface area contributed by atoms with Gasteiger partial charge in [0.1, 0.15) is 28.7 Å². The van der Waals surface area contributed by atoms with Gasteiger partial charge in [0, 0.05) is 12.1 Å². The van der Waals surface area contributed by atoms with Gasteiger partial charge in [0.2, 0.25) is 0 Å². The molecule has 0 bridgehead atoms. The van der Waals surface area contributed by atoms with E-state index in [1.54, 1.807) is 28.4 Å². The smallest absolute Gasteiger partial charge is 0.125 e. The van der Waals surface area contributed by atoms with Crippen LogP contribution in [0.25, 0.3) is 0 Å². The Morgan fingerprint density at radius 1 is 0.548 bits per heavy atom. The van der Waals surface area contributed by atoms with E-state index in [1.165, 1.54) is 0 Å². The first-order valence-electron chi connectivity index (χ1n) is 10.3. The van der Waals surface area contributed by atoms with Gasteiger partial charge in [0.25, 0.3) is 0 Å². The van der Waals surface area contributed by atoms with E-state index in [-0.39, 0.29) is 5.75 Å². The van der Waals surface area contributed by atoms with Gasteiger partial charge < -0.3 is 24.1 Å². The van der Waals surface area contributed by atoms with Gasteiger partial charge in [-0.05, 0) is 72.2 Å². The number of methoxy groups -OCH3 is 4. The molecule has 3 aromatic rings. The Morgan fingerprint density at radius 3 is 1.39 bits per heavy atom. The maximum atomic E-state index is 10.2. The first kappa shape index (κ1) is 22.3. The Morgan fingerprint density at radius 2 is 1.00 bits per heavy atom. The van der Waals surface area contributed by atoms with Crippen LogP contribution in [0.15, 0.2) is 54.6 Å². The van der Waals surface area contributed by atoms with Gasteiger partial charge in [-0.15, -0.1) is 0 Å². The van der Waals surface area contributed by atoms with Crippen LogP contribution in [-0.4, -0.2) is 33.5 Å². The average Bonchev–Trinajstić information content (AvgIpc) is 2.80. The molecule has 3 aromatic carbocycles. The predicted octanol–water partition coefficient (Wildman–Crippen LogP) is 5.00. The summed E-state index contributed by atoms with van der Waals surface area (Å²) in [4.78, 5) is 0. The van der Waals surface area contributed by atoms with Crippen molar-refractivity contribution in [1.82, 2.24) is 0 Å². The maximum absolute atomic E-state index is 10.2. The highest BCUT2D eigenvalue weighted by molar-refractivity contribution is 5.43. The predicted molar refractivity (Wildman–Crippen MR) is 122 cm³/mol. The molecule has 0 aliphatic heterocycles. The van der Waals surface area contributed by atoms with Crippen LogP contribution in [0.5, 0.6) is 28.7 Å². The minimum absolute atomic E-state index is 0.288. The van der Waals surface area contributed by atoms with Gasteiger partial charge >= 0.3 is 0 Å². The van der Waals surface area contributed by atoms with Crippen molar-refractivity contribution in [3.8, 4) is 28.7 Å². The molecule has 164 valence electrons. The number of aryl methyl sites for hydroxylation is 4. The molecule has 0 heterocycles. The maximum Gasteiger partial charge on any atom is 0.125 e. The average molecular weight is 423 g/mol. The van der Waals surface area contributed by atoms with Crippen molar-refractivity contribution in [3.63, 3.8) is 0 Å². The highest BCUT2D eigenvalue weighted by Gasteiger charge is 2.09. The summed E-state index contributed by atoms with van der Waals surface area (Å²) in [6, 6.07) is 17.5. The summed E-state index contributed by atoms with van der Waals surface area (Å²) in [5, 5.41) is 10.2. The molecule has 0 atom stereocenters. The van der Waals surface area contributed by atoms with Crippen molar-refractivity contribution in [2.45, 2.75) is 25.7 Å². The molecule has 0 aliphatic carbocycles. The number of phenolic OH excluding ortho intramolecular Hbond substituents is 1. The molecule has 0 radical (unpaired) electrons. The molecule has 5 nitrogen and oxygen atoms in total. The van der Waals surface area contributed by atoms with E-state index in [0.29, 0.717) is 0 Å². The summed E-state index contributed by atoms with van der Waals surface area (Å²) in [7, 11) is 6.62. The van der Waals surface area contributed by atoms with Gasteiger partial charge in [-0.25, -0.2) is 0 Å². The lowest BCUT2D eigenvalue weighted by Gasteiger charge is -2.12. The Kier molecular flexibility index (Phi) is 7.65. The third-order valence-electron chi connectivity index (χ3n) is 5.39. The van der Waals surface area contributed by atoms with Crippen LogP contribution in [0.4, 0.5) is 0 Å². The number of hydrogen-bond donors (Lipinski definition) is 1. The lowest BCUT2D eigenvalue weighted by atomic mass is 9.98. The molecule has 0 spiro atoms. The summed E-state index contributed by atoms with van der Waals surface area (Å²) in [6.07, 6.45) is 3.22. The molecule has 31 heavy (non-hydrogen) atoms. The highest BCUT2D eigenvalue weighted by atomic mass is 16.5. The molecular formula is C26H30O5. The molecule has 0 aromatic heterocycles. The summed E-state index contributed by atoms with van der Waals surface area (Å²) >= 11 is 0. The van der Waals surface area contributed by atoms with Gasteiger partial charge in [-0.1, -0.05) is 18.2 Å². The molecular weight excluding hydrogens is 392 g/mol. The van der Waals surface area contributed by atoms with Crippen LogP contribution in [0.2, 0.25) is 0 Å². The van der Waals surface area contributed by atoms with Crippen molar-refractivity contribution in [1.29, 1.82) is 0 Å². The number of rotatable bonds is 10. The zero-order valence-corrected chi connectivity index (χ0v) is 18.6. The van der Waals surface area contributed by atoms with Crippen molar-refractivity contribution in [2.24, 2.45) is 0 Å². The van der Waals surface area contributed by atoms with Crippen LogP contribution < -0.4 is 18.9 Å². The lowest BCUT2D eigenvalue weighted by Crippen LogP contribution is -1.99. The van der Waals surface area contributed by atoms with Gasteiger partial charge in [0.15, 0.2) is 0 Å². The monoisotopic (exact) mass is 422 g/mol. The lowest BCUT2D eigenvalue weighted by molar-refractivity contribution is 0.391. The second-order valence-electron chi connectivity index (χ2n) is 7.36. The zero-order valence-electron chi connectivity index (χ0n) is 18.6. The third kappa shape index (κ3) is 5.85. The minimum atomic E-state index is 0.288. The van der Waals surface area contributed by atoms with Gasteiger partial charge in [-0.3, -0.25) is 0 Å². The minimum Gasteiger partial charge on any atom is -0.508 e. The Hall–Kier alpha value is -3.34. The largest absolute Gasteiger partial charge is 0.508 e. The fourth-order valence-electron chi connectivity index (χ4n) is 3.71. The molecule has 0 saturated heterocycles. The summed E-state index contributed by atoms with van der Waals surface area (Å²) in [5.74, 6) is 3.46. The van der Waals surface area contributed by atoms with Gasteiger partial charge in [0.05, 0.1) is 28.4 Å². The highest BCUT2D eigenvalue weighted by Crippen LogP contribution is 2.28. The zero-order chi connectivity index (χ0) is 22.2. The Bertz CT molecular complexity index is 935. The number of phenols is 1. The quantitative estimate of drug-likeness (QED) is 0.498. The Labute approximate surface area is 184 Å². The molecule has 0 aliphatic rings. The number of hydrogen-bond acceptors (Lipinski definition) is 5. The van der Waals surface area contributed by atoms with E-state index in [2.05, 4.69) is 6.07 Å². The van der Waals surface area contributed by atoms with E-state index < -0.39 is 0 Å². The number of benzene rings is 3. The van der Waals surface area contributed by atoms with E-state index in [4.69, 9.17) is 18.9 Å². The van der Waals surface area contributed by atoms with Crippen LogP contribution in [0.1, 0.15) is 22.3 Å². The second kappa shape index (κ2) is 10.6. The van der Waals surface area contributed by atoms with Crippen LogP contribution in [0.3, 0.4) is 0 Å². The molecule has 0 amide bonds. The second-order valence-corrected chi connectivity index (χ2v) is 7.36. The number of aromatic hydroxyl groups is 1. The first-order valence-corrected chi connectivity index (χ1v) is 10.3. The van der Waals surface area contributed by atoms with Crippen molar-refractivity contribution in [3.05, 3.63) is 76.9 Å². The molecule has 0 unspecified atom stereocenters. The summed E-state index contributed by atoms with van der Waals surface area (Å²) in [5.41, 5.74) is 4.40. The van der Waals surface area contributed by atoms with Crippen LogP contribution in [0, 0.1) is 0 Å². The Balaban J connectivity index is 1.70. The molecule has 1 N–H and O–H groups in total. The van der Waals surface area contributed by atoms with E-state index in [1.807, 2.05) is 48.5 Å². The fraction of sp³-hybridized carbons (Fsp3) is 0.308.